The van der Waals surface area contributed by atoms with Gasteiger partial charge in [0.05, 0.1) is 6.61 Å². The average molecular weight is 451 g/mol. The van der Waals surface area contributed by atoms with Crippen LogP contribution in [0.1, 0.15) is 122 Å². The zero-order valence-electron chi connectivity index (χ0n) is 20.7. The van der Waals surface area contributed by atoms with E-state index in [9.17, 15) is 9.90 Å². The van der Waals surface area contributed by atoms with Crippen LogP contribution in [0.2, 0.25) is 0 Å². The molecule has 0 unspecified atom stereocenters. The summed E-state index contributed by atoms with van der Waals surface area (Å²) < 4.78 is 11.0. The van der Waals surface area contributed by atoms with Gasteiger partial charge in [-0.2, -0.15) is 0 Å². The van der Waals surface area contributed by atoms with Crippen LogP contribution in [0.5, 0.6) is 17.2 Å². The molecule has 0 radical (unpaired) electrons. The minimum Gasteiger partial charge on any atom is -0.504 e. The summed E-state index contributed by atoms with van der Waals surface area (Å²) >= 11 is 0. The summed E-state index contributed by atoms with van der Waals surface area (Å²) in [5, 5.41) is 19.9. The summed E-state index contributed by atoms with van der Waals surface area (Å²) in [6.45, 7) is 7.15. The van der Waals surface area contributed by atoms with E-state index in [1.807, 2.05) is 0 Å². The summed E-state index contributed by atoms with van der Waals surface area (Å²) in [6, 6.07) is 1.57. The first-order valence-corrected chi connectivity index (χ1v) is 13.0. The number of aromatic hydroxyl groups is 1. The Morgan fingerprint density at radius 2 is 1.22 bits per heavy atom. The highest BCUT2D eigenvalue weighted by atomic mass is 16.7. The molecule has 0 atom stereocenters. The molecule has 0 aliphatic carbocycles. The van der Waals surface area contributed by atoms with Gasteiger partial charge in [-0.15, -0.1) is 0 Å². The molecule has 0 aromatic heterocycles. The third-order valence-electron chi connectivity index (χ3n) is 5.96. The van der Waals surface area contributed by atoms with Crippen molar-refractivity contribution in [2.45, 2.75) is 124 Å². The van der Waals surface area contributed by atoms with Gasteiger partial charge < -0.3 is 19.7 Å². The summed E-state index contributed by atoms with van der Waals surface area (Å²) in [6.07, 6.45) is 16.3. The van der Waals surface area contributed by atoms with Crippen LogP contribution in [-0.2, 0) is 12.8 Å². The Morgan fingerprint density at radius 1 is 0.719 bits per heavy atom. The second kappa shape index (κ2) is 17.6. The van der Waals surface area contributed by atoms with E-state index in [0.717, 1.165) is 68.9 Å². The number of hydrogen-bond acceptors (Lipinski definition) is 4. The number of unbranched alkanes of at least 4 members (excludes halogenated alkanes) is 11. The number of rotatable bonds is 19. The molecule has 0 saturated carbocycles. The number of ether oxygens (including phenoxy) is 2. The second-order valence-electron chi connectivity index (χ2n) is 8.78. The number of carboxylic acid groups (broad SMARTS) is 1. The van der Waals surface area contributed by atoms with Crippen molar-refractivity contribution in [3.63, 3.8) is 0 Å². The molecule has 0 aliphatic rings. The maximum atomic E-state index is 11.2. The van der Waals surface area contributed by atoms with E-state index >= 15 is 0 Å². The lowest BCUT2D eigenvalue weighted by Crippen LogP contribution is -2.08. The quantitative estimate of drug-likeness (QED) is 0.126. The van der Waals surface area contributed by atoms with Crippen molar-refractivity contribution in [1.82, 2.24) is 0 Å². The first-order valence-electron chi connectivity index (χ1n) is 13.0. The molecule has 0 bridgehead atoms. The standard InChI is InChI=1S/C27H46O5/c1-4-7-10-11-12-13-14-17-20-31-24-21-25(32-27(29)30)26(28)23(19-16-9-6-3)22(24)18-15-8-5-2/h21,28H,4-20H2,1-3H3,(H,29,30). The SMILES string of the molecule is CCCCCCCCCCOc1cc(OC(=O)O)c(O)c(CCCCC)c1CCCCC. The van der Waals surface area contributed by atoms with Crippen molar-refractivity contribution in [2.75, 3.05) is 6.61 Å². The van der Waals surface area contributed by atoms with Gasteiger partial charge in [0.2, 0.25) is 0 Å². The third kappa shape index (κ3) is 11.1. The summed E-state index contributed by atoms with van der Waals surface area (Å²) in [7, 11) is 0. The largest absolute Gasteiger partial charge is 0.511 e. The van der Waals surface area contributed by atoms with E-state index in [0.29, 0.717) is 18.8 Å². The molecule has 5 nitrogen and oxygen atoms in total. The Kier molecular flexibility index (Phi) is 15.5. The smallest absolute Gasteiger partial charge is 0.504 e. The molecule has 5 heteroatoms. The maximum Gasteiger partial charge on any atom is 0.511 e. The molecular formula is C27H46O5. The van der Waals surface area contributed by atoms with Crippen molar-refractivity contribution in [2.24, 2.45) is 0 Å². The van der Waals surface area contributed by atoms with Crippen molar-refractivity contribution in [3.05, 3.63) is 17.2 Å². The topological polar surface area (TPSA) is 76.0 Å². The van der Waals surface area contributed by atoms with E-state index in [4.69, 9.17) is 14.6 Å². The van der Waals surface area contributed by atoms with E-state index in [-0.39, 0.29) is 11.5 Å². The van der Waals surface area contributed by atoms with E-state index < -0.39 is 6.16 Å². The van der Waals surface area contributed by atoms with Gasteiger partial charge in [-0.05, 0) is 32.1 Å². The Hall–Kier alpha value is -1.91. The molecule has 0 amide bonds. The Bertz CT molecular complexity index is 641. The minimum atomic E-state index is -1.42. The van der Waals surface area contributed by atoms with Crippen molar-refractivity contribution >= 4 is 6.16 Å². The highest BCUT2D eigenvalue weighted by Crippen LogP contribution is 2.41. The zero-order valence-corrected chi connectivity index (χ0v) is 20.7. The lowest BCUT2D eigenvalue weighted by molar-refractivity contribution is 0.142. The fourth-order valence-electron chi connectivity index (χ4n) is 4.08. The second-order valence-corrected chi connectivity index (χ2v) is 8.78. The third-order valence-corrected chi connectivity index (χ3v) is 5.96. The zero-order chi connectivity index (χ0) is 23.6. The number of benzene rings is 1. The molecule has 0 fully saturated rings. The number of hydrogen-bond donors (Lipinski definition) is 2. The molecule has 0 spiro atoms. The molecule has 0 aliphatic heterocycles. The highest BCUT2D eigenvalue weighted by Gasteiger charge is 2.21. The number of phenolic OH excluding ortho intramolecular Hbond substituents is 1. The van der Waals surface area contributed by atoms with Crippen molar-refractivity contribution in [1.29, 1.82) is 0 Å². The van der Waals surface area contributed by atoms with Crippen LogP contribution >= 0.6 is 0 Å². The monoisotopic (exact) mass is 450 g/mol. The summed E-state index contributed by atoms with van der Waals surface area (Å²) in [5.41, 5.74) is 1.81. The Morgan fingerprint density at radius 3 is 1.78 bits per heavy atom. The molecule has 1 aromatic rings. The van der Waals surface area contributed by atoms with Gasteiger partial charge in [-0.3, -0.25) is 0 Å². The number of carbonyl (C=O) groups is 1. The summed E-state index contributed by atoms with van der Waals surface area (Å²) in [4.78, 5) is 11.2. The van der Waals surface area contributed by atoms with Gasteiger partial charge >= 0.3 is 6.16 Å². The van der Waals surface area contributed by atoms with E-state index in [2.05, 4.69) is 20.8 Å². The maximum absolute atomic E-state index is 11.2. The first kappa shape index (κ1) is 28.1. The van der Waals surface area contributed by atoms with Gasteiger partial charge in [0.15, 0.2) is 11.5 Å². The molecule has 1 aromatic carbocycles. The van der Waals surface area contributed by atoms with Gasteiger partial charge in [-0.25, -0.2) is 4.79 Å². The molecule has 2 N–H and O–H groups in total. The predicted molar refractivity (Wildman–Crippen MR) is 131 cm³/mol. The fourth-order valence-corrected chi connectivity index (χ4v) is 4.08. The van der Waals surface area contributed by atoms with E-state index in [1.165, 1.54) is 38.5 Å². The normalized spacial score (nSPS) is 11.0. The van der Waals surface area contributed by atoms with Crippen LogP contribution in [0, 0.1) is 0 Å². The highest BCUT2D eigenvalue weighted by molar-refractivity contribution is 5.66. The summed E-state index contributed by atoms with van der Waals surface area (Å²) in [5.74, 6) is 0.605. The molecule has 1 rings (SSSR count). The van der Waals surface area contributed by atoms with Crippen LogP contribution in [0.3, 0.4) is 0 Å². The van der Waals surface area contributed by atoms with Crippen LogP contribution in [0.4, 0.5) is 4.79 Å². The average Bonchev–Trinajstić information content (AvgIpc) is 2.76. The van der Waals surface area contributed by atoms with Crippen LogP contribution in [0.25, 0.3) is 0 Å². The lowest BCUT2D eigenvalue weighted by atomic mass is 9.94. The first-order chi connectivity index (χ1) is 15.5. The van der Waals surface area contributed by atoms with Crippen molar-refractivity contribution < 1.29 is 24.5 Å². The predicted octanol–water partition coefficient (Wildman–Crippen LogP) is 8.43. The molecular weight excluding hydrogens is 404 g/mol. The van der Waals surface area contributed by atoms with Gasteiger partial charge in [0.1, 0.15) is 5.75 Å². The fraction of sp³-hybridized carbons (Fsp3) is 0.741. The Balaban J connectivity index is 2.88. The number of phenols is 1. The minimum absolute atomic E-state index is 0.0193. The van der Waals surface area contributed by atoms with Gasteiger partial charge in [0, 0.05) is 17.2 Å². The Labute approximate surface area is 195 Å². The molecule has 0 saturated heterocycles. The van der Waals surface area contributed by atoms with Crippen LogP contribution < -0.4 is 9.47 Å². The van der Waals surface area contributed by atoms with Crippen molar-refractivity contribution in [3.8, 4) is 17.2 Å². The van der Waals surface area contributed by atoms with E-state index in [1.54, 1.807) is 6.07 Å². The van der Waals surface area contributed by atoms with Crippen LogP contribution in [-0.4, -0.2) is 23.0 Å². The molecule has 32 heavy (non-hydrogen) atoms. The molecule has 184 valence electrons. The van der Waals surface area contributed by atoms with Gasteiger partial charge in [0.25, 0.3) is 0 Å². The van der Waals surface area contributed by atoms with Crippen LogP contribution in [0.15, 0.2) is 6.07 Å². The lowest BCUT2D eigenvalue weighted by Gasteiger charge is -2.19. The van der Waals surface area contributed by atoms with Gasteiger partial charge in [-0.1, -0.05) is 91.4 Å². The molecule has 0 heterocycles.